The summed E-state index contributed by atoms with van der Waals surface area (Å²) in [6.07, 6.45) is 46.0. The summed E-state index contributed by atoms with van der Waals surface area (Å²) in [5, 5.41) is 0. The van der Waals surface area contributed by atoms with Gasteiger partial charge in [-0.15, -0.1) is 0 Å². The summed E-state index contributed by atoms with van der Waals surface area (Å²) in [6, 6.07) is 0. The first-order valence-corrected chi connectivity index (χ1v) is 20.4. The van der Waals surface area contributed by atoms with Crippen LogP contribution in [-0.2, 0) is 19.1 Å². The number of hydrogen-bond donors (Lipinski definition) is 0. The van der Waals surface area contributed by atoms with Gasteiger partial charge >= 0.3 is 11.9 Å². The Balaban J connectivity index is 2.00. The van der Waals surface area contributed by atoms with Crippen LogP contribution in [0.1, 0.15) is 219 Å². The zero-order chi connectivity index (χ0) is 33.2. The largest absolute Gasteiger partial charge is 0.458 e. The third-order valence-electron chi connectivity index (χ3n) is 9.49. The first-order chi connectivity index (χ1) is 22.7. The van der Waals surface area contributed by atoms with E-state index in [-0.39, 0.29) is 24.1 Å². The molecule has 2 atom stereocenters. The normalized spacial score (nSPS) is 16.8. The van der Waals surface area contributed by atoms with E-state index in [1.54, 1.807) is 0 Å². The van der Waals surface area contributed by atoms with E-state index in [0.29, 0.717) is 12.8 Å². The van der Waals surface area contributed by atoms with Gasteiger partial charge in [-0.2, -0.15) is 0 Å². The number of carbonyl (C=O) groups is 2. The highest BCUT2D eigenvalue weighted by Crippen LogP contribution is 2.25. The van der Waals surface area contributed by atoms with E-state index in [0.717, 1.165) is 51.4 Å². The van der Waals surface area contributed by atoms with Crippen molar-refractivity contribution >= 4 is 11.9 Å². The predicted molar refractivity (Wildman–Crippen MR) is 197 cm³/mol. The Kier molecular flexibility index (Phi) is 30.7. The summed E-state index contributed by atoms with van der Waals surface area (Å²) in [7, 11) is 0. The molecule has 1 aliphatic rings. The third kappa shape index (κ3) is 27.5. The highest BCUT2D eigenvalue weighted by Gasteiger charge is 2.31. The van der Waals surface area contributed by atoms with Crippen molar-refractivity contribution in [2.75, 3.05) is 0 Å². The lowest BCUT2D eigenvalue weighted by molar-refractivity contribution is -0.171. The number of unbranched alkanes of at least 4 members (excludes halogenated alkanes) is 22. The highest BCUT2D eigenvalue weighted by atomic mass is 16.6. The molecule has 268 valence electrons. The molecule has 0 amide bonds. The number of allylic oxidation sites excluding steroid dienone is 4. The average Bonchev–Trinajstić information content (AvgIpc) is 3.05. The first kappa shape index (κ1) is 42.4. The van der Waals surface area contributed by atoms with Gasteiger partial charge in [-0.3, -0.25) is 9.59 Å². The maximum Gasteiger partial charge on any atom is 0.306 e. The maximum absolute atomic E-state index is 12.5. The molecule has 0 unspecified atom stereocenters. The number of ether oxygens (including phenoxy) is 2. The van der Waals surface area contributed by atoms with E-state index in [4.69, 9.17) is 9.47 Å². The molecule has 0 aromatic carbocycles. The van der Waals surface area contributed by atoms with Crippen LogP contribution in [0, 0.1) is 0 Å². The fraction of sp³-hybridized carbons (Fsp3) is 0.857. The lowest BCUT2D eigenvalue weighted by atomic mass is 9.94. The molecular formula is C42H76O4. The van der Waals surface area contributed by atoms with Crippen LogP contribution in [0.5, 0.6) is 0 Å². The predicted octanol–water partition coefficient (Wildman–Crippen LogP) is 13.5. The lowest BCUT2D eigenvalue weighted by Gasteiger charge is -2.30. The van der Waals surface area contributed by atoms with E-state index < -0.39 is 0 Å². The Labute approximate surface area is 286 Å². The molecule has 4 heteroatoms. The molecule has 0 spiro atoms. The molecule has 0 aliphatic heterocycles. The van der Waals surface area contributed by atoms with Crippen LogP contribution < -0.4 is 0 Å². The lowest BCUT2D eigenvalue weighted by Crippen LogP contribution is -2.37. The van der Waals surface area contributed by atoms with E-state index in [1.165, 1.54) is 141 Å². The molecule has 0 aromatic heterocycles. The molecule has 1 saturated carbocycles. The molecule has 46 heavy (non-hydrogen) atoms. The van der Waals surface area contributed by atoms with E-state index in [2.05, 4.69) is 38.2 Å². The van der Waals surface area contributed by atoms with Gasteiger partial charge in [0.05, 0.1) is 0 Å². The highest BCUT2D eigenvalue weighted by molar-refractivity contribution is 5.70. The number of esters is 2. The van der Waals surface area contributed by atoms with Crippen molar-refractivity contribution in [3.05, 3.63) is 24.3 Å². The monoisotopic (exact) mass is 645 g/mol. The number of rotatable bonds is 32. The molecular weight excluding hydrogens is 568 g/mol. The molecule has 1 fully saturated rings. The number of hydrogen-bond acceptors (Lipinski definition) is 4. The Hall–Kier alpha value is -1.58. The van der Waals surface area contributed by atoms with Gasteiger partial charge < -0.3 is 9.47 Å². The van der Waals surface area contributed by atoms with Crippen molar-refractivity contribution in [1.29, 1.82) is 0 Å². The second-order valence-electron chi connectivity index (χ2n) is 14.0. The zero-order valence-electron chi connectivity index (χ0n) is 30.7. The fourth-order valence-corrected chi connectivity index (χ4v) is 6.47. The van der Waals surface area contributed by atoms with Crippen molar-refractivity contribution in [3.8, 4) is 0 Å². The average molecular weight is 645 g/mol. The van der Waals surface area contributed by atoms with Crippen LogP contribution in [0.25, 0.3) is 0 Å². The Bertz CT molecular complexity index is 680. The Morgan fingerprint density at radius 3 is 1.04 bits per heavy atom. The van der Waals surface area contributed by atoms with Crippen molar-refractivity contribution in [2.45, 2.75) is 232 Å². The Morgan fingerprint density at radius 2 is 0.717 bits per heavy atom. The van der Waals surface area contributed by atoms with Crippen LogP contribution >= 0.6 is 0 Å². The molecule has 1 rings (SSSR count). The van der Waals surface area contributed by atoms with Gasteiger partial charge in [-0.05, 0) is 89.9 Å². The Morgan fingerprint density at radius 1 is 0.435 bits per heavy atom. The van der Waals surface area contributed by atoms with Crippen molar-refractivity contribution in [2.24, 2.45) is 0 Å². The van der Waals surface area contributed by atoms with Gasteiger partial charge in [-0.1, -0.05) is 141 Å². The quantitative estimate of drug-likeness (QED) is 0.0415. The molecule has 0 aromatic rings. The van der Waals surface area contributed by atoms with Crippen LogP contribution in [-0.4, -0.2) is 24.1 Å². The minimum absolute atomic E-state index is 0.122. The van der Waals surface area contributed by atoms with E-state index in [1.807, 2.05) is 0 Å². The third-order valence-corrected chi connectivity index (χ3v) is 9.49. The summed E-state index contributed by atoms with van der Waals surface area (Å²) in [6.45, 7) is 4.54. The zero-order valence-corrected chi connectivity index (χ0v) is 30.7. The minimum Gasteiger partial charge on any atom is -0.458 e. The summed E-state index contributed by atoms with van der Waals surface area (Å²) in [5.41, 5.74) is 0. The summed E-state index contributed by atoms with van der Waals surface area (Å²) < 4.78 is 11.6. The second kappa shape index (κ2) is 33.3. The van der Waals surface area contributed by atoms with Crippen molar-refractivity contribution in [1.82, 2.24) is 0 Å². The van der Waals surface area contributed by atoms with E-state index >= 15 is 0 Å². The topological polar surface area (TPSA) is 52.6 Å². The molecule has 0 saturated heterocycles. The minimum atomic E-state index is -0.262. The van der Waals surface area contributed by atoms with Crippen LogP contribution in [0.3, 0.4) is 0 Å². The summed E-state index contributed by atoms with van der Waals surface area (Å²) in [4.78, 5) is 25.1. The first-order valence-electron chi connectivity index (χ1n) is 20.4. The molecule has 0 heterocycles. The molecule has 0 bridgehead atoms. The molecule has 0 N–H and O–H groups in total. The van der Waals surface area contributed by atoms with Crippen LogP contribution in [0.15, 0.2) is 24.3 Å². The number of carbonyl (C=O) groups excluding carboxylic acids is 2. The van der Waals surface area contributed by atoms with E-state index in [9.17, 15) is 9.59 Å². The van der Waals surface area contributed by atoms with Crippen LogP contribution in [0.2, 0.25) is 0 Å². The molecule has 4 nitrogen and oxygen atoms in total. The van der Waals surface area contributed by atoms with Gasteiger partial charge in [0.15, 0.2) is 0 Å². The SMILES string of the molecule is CCCCCCCC/C=C\CCCCCCCC(=O)O[C@H]1CCCC[C@H]1OC(=O)CCCCCCC/C=C\CCCCCCCC. The van der Waals surface area contributed by atoms with Gasteiger partial charge in [-0.25, -0.2) is 0 Å². The molecule has 1 aliphatic carbocycles. The summed E-state index contributed by atoms with van der Waals surface area (Å²) in [5.74, 6) is -0.245. The van der Waals surface area contributed by atoms with Gasteiger partial charge in [0.2, 0.25) is 0 Å². The fourth-order valence-electron chi connectivity index (χ4n) is 6.47. The summed E-state index contributed by atoms with van der Waals surface area (Å²) >= 11 is 0. The van der Waals surface area contributed by atoms with Crippen LogP contribution in [0.4, 0.5) is 0 Å². The second-order valence-corrected chi connectivity index (χ2v) is 14.0. The molecule has 0 radical (unpaired) electrons. The van der Waals surface area contributed by atoms with Gasteiger partial charge in [0.25, 0.3) is 0 Å². The van der Waals surface area contributed by atoms with Crippen molar-refractivity contribution in [3.63, 3.8) is 0 Å². The maximum atomic E-state index is 12.5. The van der Waals surface area contributed by atoms with Crippen molar-refractivity contribution < 1.29 is 19.1 Å². The van der Waals surface area contributed by atoms with Gasteiger partial charge in [0.1, 0.15) is 12.2 Å². The smallest absolute Gasteiger partial charge is 0.306 e. The standard InChI is InChI=1S/C42H76O4/c1-3-5-7-9-11-13-15-17-19-21-23-25-27-29-31-37-41(43)45-39-35-33-34-36-40(39)46-42(44)38-32-30-28-26-24-22-20-18-16-14-12-10-8-6-4-2/h17-20,39-40H,3-16,21-38H2,1-2H3/b19-17-,20-18-/t39-,40+. The van der Waals surface area contributed by atoms with Gasteiger partial charge in [0, 0.05) is 12.8 Å².